The first kappa shape index (κ1) is 10.1. The highest BCUT2D eigenvalue weighted by molar-refractivity contribution is 9.11. The summed E-state index contributed by atoms with van der Waals surface area (Å²) in [5, 5.41) is 0.856. The minimum absolute atomic E-state index is 0.0977. The van der Waals surface area contributed by atoms with Crippen LogP contribution in [0.1, 0.15) is 4.88 Å². The SMILES string of the molecule is Cc1sc(Br)c2nc(Cl)n(C)c(=O)c12. The van der Waals surface area contributed by atoms with Gasteiger partial charge in [0.25, 0.3) is 5.56 Å². The van der Waals surface area contributed by atoms with Gasteiger partial charge in [-0.25, -0.2) is 4.98 Å². The van der Waals surface area contributed by atoms with E-state index in [4.69, 9.17) is 11.6 Å². The van der Waals surface area contributed by atoms with Crippen molar-refractivity contribution in [1.29, 1.82) is 0 Å². The zero-order chi connectivity index (χ0) is 10.5. The van der Waals surface area contributed by atoms with Crippen LogP contribution >= 0.6 is 38.9 Å². The van der Waals surface area contributed by atoms with E-state index in [1.165, 1.54) is 15.9 Å². The summed E-state index contributed by atoms with van der Waals surface area (Å²) >= 11 is 10.7. The van der Waals surface area contributed by atoms with E-state index in [2.05, 4.69) is 20.9 Å². The summed E-state index contributed by atoms with van der Waals surface area (Å²) in [6.45, 7) is 1.90. The third kappa shape index (κ3) is 1.31. The standard InChI is InChI=1S/C8H6BrClN2OS/c1-3-4-5(6(9)14-3)11-8(10)12(2)7(4)13/h1-2H3. The molecular weight excluding hydrogens is 288 g/mol. The Labute approximate surface area is 97.5 Å². The van der Waals surface area contributed by atoms with E-state index >= 15 is 0 Å². The molecule has 2 rings (SSSR count). The molecule has 2 aromatic heterocycles. The van der Waals surface area contributed by atoms with Gasteiger partial charge in [0.15, 0.2) is 0 Å². The Hall–Kier alpha value is -0.390. The van der Waals surface area contributed by atoms with E-state index in [1.807, 2.05) is 6.92 Å². The fourth-order valence-electron chi connectivity index (χ4n) is 1.27. The zero-order valence-corrected chi connectivity index (χ0v) is 10.6. The van der Waals surface area contributed by atoms with Gasteiger partial charge in [-0.2, -0.15) is 0 Å². The summed E-state index contributed by atoms with van der Waals surface area (Å²) in [6, 6.07) is 0. The molecule has 0 fully saturated rings. The minimum Gasteiger partial charge on any atom is -0.286 e. The molecule has 0 amide bonds. The molecule has 0 aliphatic rings. The van der Waals surface area contributed by atoms with E-state index in [-0.39, 0.29) is 10.8 Å². The summed E-state index contributed by atoms with van der Waals surface area (Å²) in [5.74, 6) is 0. The molecule has 0 bridgehead atoms. The highest BCUT2D eigenvalue weighted by atomic mass is 79.9. The van der Waals surface area contributed by atoms with E-state index in [0.717, 1.165) is 8.66 Å². The molecule has 0 unspecified atom stereocenters. The second kappa shape index (κ2) is 3.32. The maximum atomic E-state index is 11.8. The van der Waals surface area contributed by atoms with Crippen LogP contribution in [-0.4, -0.2) is 9.55 Å². The monoisotopic (exact) mass is 292 g/mol. The number of aromatic nitrogens is 2. The zero-order valence-electron chi connectivity index (χ0n) is 7.47. The van der Waals surface area contributed by atoms with Crippen LogP contribution < -0.4 is 5.56 Å². The quantitative estimate of drug-likeness (QED) is 0.700. The molecular formula is C8H6BrClN2OS. The lowest BCUT2D eigenvalue weighted by Gasteiger charge is -2.00. The first-order valence-corrected chi connectivity index (χ1v) is 5.82. The number of hydrogen-bond acceptors (Lipinski definition) is 3. The topological polar surface area (TPSA) is 34.9 Å². The molecule has 3 nitrogen and oxygen atoms in total. The molecule has 0 radical (unpaired) electrons. The molecule has 0 saturated carbocycles. The number of fused-ring (bicyclic) bond motifs is 1. The first-order chi connectivity index (χ1) is 6.52. The van der Waals surface area contributed by atoms with Crippen molar-refractivity contribution in [3.05, 3.63) is 24.3 Å². The van der Waals surface area contributed by atoms with Gasteiger partial charge in [-0.1, -0.05) is 0 Å². The normalized spacial score (nSPS) is 11.1. The second-order valence-electron chi connectivity index (χ2n) is 2.90. The van der Waals surface area contributed by atoms with Crippen LogP contribution in [0.4, 0.5) is 0 Å². The minimum atomic E-state index is -0.0977. The predicted molar refractivity (Wildman–Crippen MR) is 62.3 cm³/mol. The largest absolute Gasteiger partial charge is 0.286 e. The van der Waals surface area contributed by atoms with E-state index in [1.54, 1.807) is 7.05 Å². The van der Waals surface area contributed by atoms with Gasteiger partial charge < -0.3 is 0 Å². The van der Waals surface area contributed by atoms with Crippen LogP contribution in [0.3, 0.4) is 0 Å². The highest BCUT2D eigenvalue weighted by Gasteiger charge is 2.14. The van der Waals surface area contributed by atoms with Crippen LogP contribution in [0, 0.1) is 6.92 Å². The fraction of sp³-hybridized carbons (Fsp3) is 0.250. The van der Waals surface area contributed by atoms with Crippen molar-refractivity contribution in [2.75, 3.05) is 0 Å². The Morgan fingerprint density at radius 1 is 1.57 bits per heavy atom. The number of thiophene rings is 1. The molecule has 0 N–H and O–H groups in total. The molecule has 0 aliphatic heterocycles. The summed E-state index contributed by atoms with van der Waals surface area (Å²) in [5.41, 5.74) is 0.556. The molecule has 6 heteroatoms. The lowest BCUT2D eigenvalue weighted by atomic mass is 10.3. The van der Waals surface area contributed by atoms with E-state index < -0.39 is 0 Å². The van der Waals surface area contributed by atoms with Gasteiger partial charge in [0.05, 0.1) is 9.17 Å². The van der Waals surface area contributed by atoms with Crippen LogP contribution in [0.25, 0.3) is 10.9 Å². The summed E-state index contributed by atoms with van der Waals surface area (Å²) < 4.78 is 2.19. The average molecular weight is 294 g/mol. The second-order valence-corrected chi connectivity index (χ2v) is 5.78. The van der Waals surface area contributed by atoms with Crippen molar-refractivity contribution in [1.82, 2.24) is 9.55 Å². The van der Waals surface area contributed by atoms with Crippen molar-refractivity contribution in [2.45, 2.75) is 6.92 Å². The maximum Gasteiger partial charge on any atom is 0.263 e. The Morgan fingerprint density at radius 2 is 2.21 bits per heavy atom. The maximum absolute atomic E-state index is 11.8. The highest BCUT2D eigenvalue weighted by Crippen LogP contribution is 2.32. The molecule has 14 heavy (non-hydrogen) atoms. The fourth-order valence-corrected chi connectivity index (χ4v) is 3.25. The van der Waals surface area contributed by atoms with Crippen molar-refractivity contribution >= 4 is 49.8 Å². The lowest BCUT2D eigenvalue weighted by Crippen LogP contribution is -2.18. The van der Waals surface area contributed by atoms with Gasteiger partial charge in [0, 0.05) is 11.9 Å². The van der Waals surface area contributed by atoms with E-state index in [0.29, 0.717) is 10.9 Å². The Bertz CT molecular complexity index is 575. The number of rotatable bonds is 0. The summed E-state index contributed by atoms with van der Waals surface area (Å²) in [7, 11) is 1.61. The molecule has 0 aromatic carbocycles. The summed E-state index contributed by atoms with van der Waals surface area (Å²) in [6.07, 6.45) is 0. The van der Waals surface area contributed by atoms with Crippen LogP contribution in [0.5, 0.6) is 0 Å². The number of halogens is 2. The van der Waals surface area contributed by atoms with Crippen molar-refractivity contribution in [3.63, 3.8) is 0 Å². The third-order valence-corrected chi connectivity index (χ3v) is 4.10. The molecule has 0 atom stereocenters. The van der Waals surface area contributed by atoms with E-state index in [9.17, 15) is 4.79 Å². The Morgan fingerprint density at radius 3 is 2.86 bits per heavy atom. The summed E-state index contributed by atoms with van der Waals surface area (Å²) in [4.78, 5) is 16.9. The van der Waals surface area contributed by atoms with Crippen molar-refractivity contribution in [2.24, 2.45) is 7.05 Å². The molecule has 0 spiro atoms. The van der Waals surface area contributed by atoms with Crippen LogP contribution in [0.15, 0.2) is 8.58 Å². The van der Waals surface area contributed by atoms with Gasteiger partial charge in [0.1, 0.15) is 5.52 Å². The molecule has 2 heterocycles. The first-order valence-electron chi connectivity index (χ1n) is 3.83. The predicted octanol–water partition coefficient (Wildman–Crippen LogP) is 2.72. The smallest absolute Gasteiger partial charge is 0.263 e. The van der Waals surface area contributed by atoms with Gasteiger partial charge in [-0.05, 0) is 34.5 Å². The number of hydrogen-bond donors (Lipinski definition) is 0. The van der Waals surface area contributed by atoms with Crippen molar-refractivity contribution < 1.29 is 0 Å². The van der Waals surface area contributed by atoms with Gasteiger partial charge >= 0.3 is 0 Å². The molecule has 0 aliphatic carbocycles. The average Bonchev–Trinajstić information content (AvgIpc) is 2.38. The number of nitrogens with zero attached hydrogens (tertiary/aromatic N) is 2. The van der Waals surface area contributed by atoms with Crippen molar-refractivity contribution in [3.8, 4) is 0 Å². The van der Waals surface area contributed by atoms with Crippen LogP contribution in [-0.2, 0) is 7.05 Å². The van der Waals surface area contributed by atoms with Gasteiger partial charge in [0.2, 0.25) is 5.28 Å². The number of aryl methyl sites for hydroxylation is 1. The Balaban J connectivity index is 3.09. The molecule has 74 valence electrons. The van der Waals surface area contributed by atoms with Crippen LogP contribution in [0.2, 0.25) is 5.28 Å². The molecule has 0 saturated heterocycles. The van der Waals surface area contributed by atoms with Gasteiger partial charge in [-0.15, -0.1) is 11.3 Å². The van der Waals surface area contributed by atoms with Gasteiger partial charge in [-0.3, -0.25) is 9.36 Å². The lowest BCUT2D eigenvalue weighted by molar-refractivity contribution is 0.844. The third-order valence-electron chi connectivity index (χ3n) is 2.02. The molecule has 2 aromatic rings. The Kier molecular flexibility index (Phi) is 2.41.